The van der Waals surface area contributed by atoms with Crippen molar-refractivity contribution < 1.29 is 13.2 Å². The molecule has 0 saturated carbocycles. The van der Waals surface area contributed by atoms with Crippen molar-refractivity contribution in [1.82, 2.24) is 9.78 Å². The highest BCUT2D eigenvalue weighted by Gasteiger charge is 2.33. The monoisotopic (exact) mass is 255 g/mol. The minimum Gasteiger partial charge on any atom is -0.364 e. The Balaban J connectivity index is 2.10. The Hall–Kier alpha value is -1.98. The Morgan fingerprint density at radius 2 is 1.83 bits per heavy atom. The van der Waals surface area contributed by atoms with Crippen molar-refractivity contribution >= 4 is 5.69 Å². The van der Waals surface area contributed by atoms with Gasteiger partial charge in [0.1, 0.15) is 6.17 Å². The normalized spacial score (nSPS) is 13.3. The van der Waals surface area contributed by atoms with Crippen LogP contribution < -0.4 is 5.32 Å². The summed E-state index contributed by atoms with van der Waals surface area (Å²) < 4.78 is 38.4. The maximum Gasteiger partial charge on any atom is 0.435 e. The fourth-order valence-corrected chi connectivity index (χ4v) is 1.55. The minimum absolute atomic E-state index is 0.358. The van der Waals surface area contributed by atoms with Gasteiger partial charge in [-0.15, -0.1) is 0 Å². The Bertz CT molecular complexity index is 505. The first-order valence-electron chi connectivity index (χ1n) is 5.41. The lowest BCUT2D eigenvalue weighted by molar-refractivity contribution is -0.141. The number of hydrogen-bond donors (Lipinski definition) is 1. The predicted molar refractivity (Wildman–Crippen MR) is 62.0 cm³/mol. The van der Waals surface area contributed by atoms with Crippen molar-refractivity contribution in [2.75, 3.05) is 5.32 Å². The van der Waals surface area contributed by atoms with Gasteiger partial charge in [-0.25, -0.2) is 4.68 Å². The van der Waals surface area contributed by atoms with E-state index in [1.54, 1.807) is 6.92 Å². The number of halogens is 3. The number of hydrogen-bond acceptors (Lipinski definition) is 2. The summed E-state index contributed by atoms with van der Waals surface area (Å²) in [7, 11) is 0. The lowest BCUT2D eigenvalue weighted by atomic mass is 10.3. The molecule has 0 aliphatic heterocycles. The summed E-state index contributed by atoms with van der Waals surface area (Å²) in [6.45, 7) is 1.74. The van der Waals surface area contributed by atoms with Gasteiger partial charge in [0.25, 0.3) is 0 Å². The number of para-hydroxylation sites is 1. The molecule has 96 valence electrons. The van der Waals surface area contributed by atoms with Crippen LogP contribution in [-0.2, 0) is 6.18 Å². The summed E-state index contributed by atoms with van der Waals surface area (Å²) in [5.74, 6) is 0. The molecule has 0 amide bonds. The van der Waals surface area contributed by atoms with Crippen molar-refractivity contribution in [3.8, 4) is 0 Å². The van der Waals surface area contributed by atoms with E-state index in [1.165, 1.54) is 10.9 Å². The number of alkyl halides is 3. The molecule has 1 heterocycles. The molecule has 1 N–H and O–H groups in total. The predicted octanol–water partition coefficient (Wildman–Crippen LogP) is 3.53. The number of rotatable bonds is 3. The Labute approximate surface area is 102 Å². The second-order valence-electron chi connectivity index (χ2n) is 3.87. The average Bonchev–Trinajstić information content (AvgIpc) is 2.79. The lowest BCUT2D eigenvalue weighted by Gasteiger charge is -2.15. The van der Waals surface area contributed by atoms with E-state index in [1.807, 2.05) is 30.3 Å². The molecule has 6 heteroatoms. The van der Waals surface area contributed by atoms with Gasteiger partial charge in [-0.05, 0) is 25.1 Å². The molecular formula is C12H12F3N3. The summed E-state index contributed by atoms with van der Waals surface area (Å²) in [5.41, 5.74) is -0.0572. The van der Waals surface area contributed by atoms with Crippen LogP contribution in [0.25, 0.3) is 0 Å². The van der Waals surface area contributed by atoms with E-state index in [9.17, 15) is 13.2 Å². The molecule has 3 nitrogen and oxygen atoms in total. The molecule has 0 saturated heterocycles. The van der Waals surface area contributed by atoms with Crippen LogP contribution in [-0.4, -0.2) is 9.78 Å². The SMILES string of the molecule is CC(Nc1ccccc1)n1ccc(C(F)(F)F)n1. The zero-order chi connectivity index (χ0) is 13.2. The van der Waals surface area contributed by atoms with Gasteiger partial charge in [-0.1, -0.05) is 18.2 Å². The highest BCUT2D eigenvalue weighted by molar-refractivity contribution is 5.42. The highest BCUT2D eigenvalue weighted by atomic mass is 19.4. The van der Waals surface area contributed by atoms with Crippen LogP contribution in [0.15, 0.2) is 42.6 Å². The first kappa shape index (κ1) is 12.5. The number of benzene rings is 1. The van der Waals surface area contributed by atoms with Crippen LogP contribution in [0.1, 0.15) is 18.8 Å². The molecule has 0 fully saturated rings. The van der Waals surface area contributed by atoms with Gasteiger partial charge in [0.2, 0.25) is 0 Å². The second kappa shape index (κ2) is 4.72. The van der Waals surface area contributed by atoms with Gasteiger partial charge in [0.05, 0.1) is 0 Å². The Morgan fingerprint density at radius 1 is 1.17 bits per heavy atom. The molecule has 2 rings (SSSR count). The van der Waals surface area contributed by atoms with Gasteiger partial charge < -0.3 is 5.32 Å². The molecule has 0 aliphatic rings. The fraction of sp³-hybridized carbons (Fsp3) is 0.250. The number of anilines is 1. The van der Waals surface area contributed by atoms with Crippen LogP contribution in [0.5, 0.6) is 0 Å². The summed E-state index contributed by atoms with van der Waals surface area (Å²) in [6, 6.07) is 10.2. The highest BCUT2D eigenvalue weighted by Crippen LogP contribution is 2.27. The molecule has 0 bridgehead atoms. The molecule has 1 unspecified atom stereocenters. The molecule has 0 spiro atoms. The zero-order valence-electron chi connectivity index (χ0n) is 9.65. The van der Waals surface area contributed by atoms with E-state index in [2.05, 4.69) is 10.4 Å². The molecule has 18 heavy (non-hydrogen) atoms. The third-order valence-electron chi connectivity index (χ3n) is 2.44. The van der Waals surface area contributed by atoms with Crippen molar-refractivity contribution in [2.24, 2.45) is 0 Å². The van der Waals surface area contributed by atoms with E-state index in [-0.39, 0.29) is 6.17 Å². The van der Waals surface area contributed by atoms with Crippen LogP contribution in [0, 0.1) is 0 Å². The number of aromatic nitrogens is 2. The van der Waals surface area contributed by atoms with Crippen LogP contribution in [0.4, 0.5) is 18.9 Å². The molecule has 1 atom stereocenters. The third-order valence-corrected chi connectivity index (χ3v) is 2.44. The maximum atomic E-state index is 12.4. The smallest absolute Gasteiger partial charge is 0.364 e. The quantitative estimate of drug-likeness (QED) is 0.909. The zero-order valence-corrected chi connectivity index (χ0v) is 9.65. The maximum absolute atomic E-state index is 12.4. The molecule has 1 aromatic heterocycles. The first-order valence-corrected chi connectivity index (χ1v) is 5.41. The van der Waals surface area contributed by atoms with E-state index in [0.717, 1.165) is 11.8 Å². The first-order chi connectivity index (χ1) is 8.47. The number of nitrogens with zero attached hydrogens (tertiary/aromatic N) is 2. The van der Waals surface area contributed by atoms with E-state index < -0.39 is 11.9 Å². The summed E-state index contributed by atoms with van der Waals surface area (Å²) in [4.78, 5) is 0. The average molecular weight is 255 g/mol. The summed E-state index contributed by atoms with van der Waals surface area (Å²) in [6.07, 6.45) is -3.45. The van der Waals surface area contributed by atoms with Crippen LogP contribution in [0.3, 0.4) is 0 Å². The molecule has 1 aromatic carbocycles. The molecule has 0 aliphatic carbocycles. The summed E-state index contributed by atoms with van der Waals surface area (Å²) >= 11 is 0. The fourth-order valence-electron chi connectivity index (χ4n) is 1.55. The van der Waals surface area contributed by atoms with Gasteiger partial charge >= 0.3 is 6.18 Å². The number of nitrogens with one attached hydrogen (secondary N) is 1. The Morgan fingerprint density at radius 3 is 2.39 bits per heavy atom. The van der Waals surface area contributed by atoms with Crippen molar-refractivity contribution in [1.29, 1.82) is 0 Å². The van der Waals surface area contributed by atoms with Crippen LogP contribution >= 0.6 is 0 Å². The van der Waals surface area contributed by atoms with E-state index in [4.69, 9.17) is 0 Å². The molecular weight excluding hydrogens is 243 g/mol. The largest absolute Gasteiger partial charge is 0.435 e. The van der Waals surface area contributed by atoms with Gasteiger partial charge in [0, 0.05) is 11.9 Å². The van der Waals surface area contributed by atoms with Crippen molar-refractivity contribution in [3.05, 3.63) is 48.3 Å². The van der Waals surface area contributed by atoms with Gasteiger partial charge in [-0.2, -0.15) is 18.3 Å². The lowest BCUT2D eigenvalue weighted by Crippen LogP contribution is -2.16. The topological polar surface area (TPSA) is 29.9 Å². The van der Waals surface area contributed by atoms with Gasteiger partial charge in [-0.3, -0.25) is 0 Å². The second-order valence-corrected chi connectivity index (χ2v) is 3.87. The van der Waals surface area contributed by atoms with Gasteiger partial charge in [0.15, 0.2) is 5.69 Å². The van der Waals surface area contributed by atoms with E-state index in [0.29, 0.717) is 0 Å². The minimum atomic E-state index is -4.41. The van der Waals surface area contributed by atoms with E-state index >= 15 is 0 Å². The van der Waals surface area contributed by atoms with Crippen LogP contribution in [0.2, 0.25) is 0 Å². The third kappa shape index (κ3) is 2.82. The van der Waals surface area contributed by atoms with Crippen molar-refractivity contribution in [3.63, 3.8) is 0 Å². The standard InChI is InChI=1S/C12H12F3N3/c1-9(16-10-5-3-2-4-6-10)18-8-7-11(17-18)12(13,14)15/h2-9,16H,1H3. The summed E-state index contributed by atoms with van der Waals surface area (Å²) in [5, 5.41) is 6.56. The molecule has 2 aromatic rings. The van der Waals surface area contributed by atoms with Crippen molar-refractivity contribution in [2.45, 2.75) is 19.3 Å². The molecule has 0 radical (unpaired) electrons. The Kier molecular flexibility index (Phi) is 3.27.